The predicted octanol–water partition coefficient (Wildman–Crippen LogP) is 8.19. The summed E-state index contributed by atoms with van der Waals surface area (Å²) in [7, 11) is 0.843. The Kier molecular flexibility index (Phi) is 6.17. The number of hydrogen-bond acceptors (Lipinski definition) is 1. The molecule has 8 saturated carbocycles. The molecule has 2 atom stereocenters. The molecule has 8 fully saturated rings. The van der Waals surface area contributed by atoms with Crippen molar-refractivity contribution in [1.82, 2.24) is 4.31 Å². The van der Waals surface area contributed by atoms with Crippen molar-refractivity contribution in [3.05, 3.63) is 29.8 Å². The van der Waals surface area contributed by atoms with Gasteiger partial charge in [-0.3, -0.25) is 0 Å². The fourth-order valence-corrected chi connectivity index (χ4v) is 18.2. The zero-order chi connectivity index (χ0) is 25.7. The maximum atomic E-state index is 13.5. The molecule has 1 aromatic carbocycles. The Bertz CT molecular complexity index is 960. The van der Waals surface area contributed by atoms with Crippen LogP contribution in [0.5, 0.6) is 0 Å². The van der Waals surface area contributed by atoms with Crippen LogP contribution in [0.25, 0.3) is 0 Å². The third kappa shape index (κ3) is 4.18. The molecule has 0 spiro atoms. The van der Waals surface area contributed by atoms with E-state index in [-0.39, 0.29) is 18.7 Å². The molecule has 0 saturated heterocycles. The van der Waals surface area contributed by atoms with Gasteiger partial charge in [0.05, 0.1) is 15.7 Å². The minimum Gasteiger partial charge on any atom is -0.242 e. The monoisotopic (exact) mass is 539 g/mol. The average molecular weight is 540 g/mol. The first-order chi connectivity index (χ1) is 17.6. The van der Waals surface area contributed by atoms with Gasteiger partial charge in [-0.25, -0.2) is 8.51 Å². The molecule has 4 heteroatoms. The summed E-state index contributed by atoms with van der Waals surface area (Å²) in [5.41, 5.74) is 1.51. The van der Waals surface area contributed by atoms with E-state index in [1.807, 2.05) is 0 Å². The fourth-order valence-electron chi connectivity index (χ4n) is 11.5. The summed E-state index contributed by atoms with van der Waals surface area (Å²) < 4.78 is 15.5. The Morgan fingerprint density at radius 1 is 0.784 bits per heavy atom. The van der Waals surface area contributed by atoms with Crippen molar-refractivity contribution in [2.45, 2.75) is 126 Å². The third-order valence-electron chi connectivity index (χ3n) is 11.9. The van der Waals surface area contributed by atoms with Gasteiger partial charge >= 0.3 is 0 Å². The highest BCUT2D eigenvalue weighted by atomic mass is 32.2. The molecule has 1 unspecified atom stereocenters. The van der Waals surface area contributed by atoms with Gasteiger partial charge in [0.1, 0.15) is 0 Å². The van der Waals surface area contributed by atoms with Gasteiger partial charge in [-0.05, 0) is 161 Å². The lowest BCUT2D eigenvalue weighted by Gasteiger charge is -2.67. The van der Waals surface area contributed by atoms with Gasteiger partial charge < -0.3 is 0 Å². The number of rotatable bonds is 6. The summed E-state index contributed by atoms with van der Waals surface area (Å²) in [4.78, 5) is 0. The van der Waals surface area contributed by atoms with Gasteiger partial charge in [-0.1, -0.05) is 32.2 Å². The van der Waals surface area contributed by atoms with E-state index >= 15 is 0 Å². The zero-order valence-electron chi connectivity index (χ0n) is 24.0. The second-order valence-corrected chi connectivity index (χ2v) is 21.1. The molecule has 1 aromatic rings. The number of nitrogens with zero attached hydrogens (tertiary/aromatic N) is 1. The Hall–Kier alpha value is -0.240. The minimum absolute atomic E-state index is 0.184. The van der Waals surface area contributed by atoms with E-state index in [9.17, 15) is 4.21 Å². The van der Waals surface area contributed by atoms with Crippen LogP contribution in [0.4, 0.5) is 0 Å². The molecule has 8 aliphatic rings. The molecule has 0 aliphatic heterocycles. The van der Waals surface area contributed by atoms with Crippen molar-refractivity contribution in [3.8, 4) is 0 Å². The Balaban J connectivity index is 1.35. The SMILES string of the molecule is C[C@H](c1ccccc1P(C12CC3CC(CC(C3)C1)C2)C12CC3CC(CC(C3)C1)C2)N(C)S(=O)C(C)(C)C. The quantitative estimate of drug-likeness (QED) is 0.334. The topological polar surface area (TPSA) is 20.3 Å². The predicted molar refractivity (Wildman–Crippen MR) is 159 cm³/mol. The summed E-state index contributed by atoms with van der Waals surface area (Å²) in [6.45, 7) is 8.71. The van der Waals surface area contributed by atoms with Crippen molar-refractivity contribution in [1.29, 1.82) is 0 Å². The smallest absolute Gasteiger partial charge is 0.1000 e. The highest BCUT2D eigenvalue weighted by molar-refractivity contribution is 7.84. The molecule has 0 radical (unpaired) electrons. The van der Waals surface area contributed by atoms with Crippen LogP contribution in [0, 0.1) is 35.5 Å². The lowest BCUT2D eigenvalue weighted by Crippen LogP contribution is -2.58. The van der Waals surface area contributed by atoms with Gasteiger partial charge in [0.15, 0.2) is 0 Å². The van der Waals surface area contributed by atoms with Crippen LogP contribution in [0.3, 0.4) is 0 Å². The van der Waals surface area contributed by atoms with Crippen LogP contribution in [0.15, 0.2) is 24.3 Å². The summed E-state index contributed by atoms with van der Waals surface area (Å²) in [5.74, 6) is 6.03. The van der Waals surface area contributed by atoms with Crippen molar-refractivity contribution >= 4 is 24.2 Å². The standard InChI is InChI=1S/C33H50NOPS/c1-22(34(5)37(35)31(2,3)4)29-8-6-7-9-30(29)36(32-16-23-10-24(17-32)12-25(11-23)18-32)33-19-26-13-27(20-33)15-28(14-26)21-33/h6-9,22-28H,10-21H2,1-5H3/t22-,23?,24?,25?,26?,27?,28?,32?,33?,36?,37?/m1/s1. The minimum atomic E-state index is -1.01. The molecular weight excluding hydrogens is 489 g/mol. The van der Waals surface area contributed by atoms with Crippen molar-refractivity contribution < 1.29 is 4.21 Å². The second-order valence-electron chi connectivity index (χ2n) is 15.8. The first-order valence-corrected chi connectivity index (χ1v) is 18.0. The second kappa shape index (κ2) is 8.88. The lowest BCUT2D eigenvalue weighted by molar-refractivity contribution is 0.0195. The van der Waals surface area contributed by atoms with Crippen molar-refractivity contribution in [2.24, 2.45) is 35.5 Å². The van der Waals surface area contributed by atoms with E-state index in [1.165, 1.54) is 82.6 Å². The van der Waals surface area contributed by atoms with Crippen LogP contribution >= 0.6 is 7.92 Å². The first-order valence-electron chi connectivity index (χ1n) is 15.6. The number of hydrogen-bond donors (Lipinski definition) is 0. The lowest BCUT2D eigenvalue weighted by atomic mass is 9.55. The molecule has 204 valence electrons. The van der Waals surface area contributed by atoms with Crippen molar-refractivity contribution in [2.75, 3.05) is 7.05 Å². The summed E-state index contributed by atoms with van der Waals surface area (Å²) in [6.07, 6.45) is 18.4. The molecule has 0 heterocycles. The van der Waals surface area contributed by atoms with Crippen LogP contribution in [0.2, 0.25) is 0 Å². The van der Waals surface area contributed by atoms with Crippen LogP contribution < -0.4 is 5.30 Å². The maximum absolute atomic E-state index is 13.5. The van der Waals surface area contributed by atoms with Crippen LogP contribution in [0.1, 0.15) is 116 Å². The third-order valence-corrected chi connectivity index (χ3v) is 17.7. The van der Waals surface area contributed by atoms with E-state index in [1.54, 1.807) is 5.30 Å². The Morgan fingerprint density at radius 3 is 1.54 bits per heavy atom. The first kappa shape index (κ1) is 25.7. The summed E-state index contributed by atoms with van der Waals surface area (Å²) in [5, 5.41) is 2.90. The molecule has 2 nitrogen and oxygen atoms in total. The largest absolute Gasteiger partial charge is 0.242 e. The molecule has 37 heavy (non-hydrogen) atoms. The number of benzene rings is 1. The summed E-state index contributed by atoms with van der Waals surface area (Å²) in [6, 6.07) is 9.85. The fraction of sp³-hybridized carbons (Fsp3) is 0.818. The molecule has 8 aliphatic carbocycles. The van der Waals surface area contributed by atoms with Gasteiger partial charge in [0.2, 0.25) is 0 Å². The highest BCUT2D eigenvalue weighted by Gasteiger charge is 2.63. The van der Waals surface area contributed by atoms with Gasteiger partial charge in [-0.2, -0.15) is 0 Å². The van der Waals surface area contributed by atoms with E-state index in [2.05, 4.69) is 63.3 Å². The van der Waals surface area contributed by atoms with Crippen LogP contribution in [-0.2, 0) is 11.0 Å². The van der Waals surface area contributed by atoms with Crippen LogP contribution in [-0.4, -0.2) is 30.6 Å². The summed E-state index contributed by atoms with van der Waals surface area (Å²) >= 11 is 0. The van der Waals surface area contributed by atoms with Gasteiger partial charge in [0, 0.05) is 13.1 Å². The normalized spacial score (nSPS) is 44.4. The van der Waals surface area contributed by atoms with Crippen molar-refractivity contribution in [3.63, 3.8) is 0 Å². The van der Waals surface area contributed by atoms with E-state index in [0.29, 0.717) is 10.3 Å². The highest BCUT2D eigenvalue weighted by Crippen LogP contribution is 2.78. The van der Waals surface area contributed by atoms with E-state index in [0.717, 1.165) is 35.5 Å². The van der Waals surface area contributed by atoms with Gasteiger partial charge in [-0.15, -0.1) is 0 Å². The Morgan fingerprint density at radius 2 is 1.16 bits per heavy atom. The molecule has 9 rings (SSSR count). The molecule has 0 aromatic heterocycles. The Labute approximate surface area is 230 Å². The van der Waals surface area contributed by atoms with Gasteiger partial charge in [0.25, 0.3) is 0 Å². The average Bonchev–Trinajstić information content (AvgIpc) is 2.80. The molecule has 0 amide bonds. The maximum Gasteiger partial charge on any atom is 0.1000 e. The van der Waals surface area contributed by atoms with E-state index in [4.69, 9.17) is 0 Å². The molecular formula is C33H50NOPS. The van der Waals surface area contributed by atoms with E-state index < -0.39 is 11.0 Å². The molecule has 0 N–H and O–H groups in total. The zero-order valence-corrected chi connectivity index (χ0v) is 25.8. The molecule has 8 bridgehead atoms.